The maximum atomic E-state index is 4.31. The van der Waals surface area contributed by atoms with E-state index in [1.165, 1.54) is 36.1 Å². The molecule has 1 atom stereocenters. The highest BCUT2D eigenvalue weighted by molar-refractivity contribution is 5.38. The van der Waals surface area contributed by atoms with Crippen molar-refractivity contribution in [2.45, 2.75) is 44.6 Å². The lowest BCUT2D eigenvalue weighted by Gasteiger charge is -2.31. The second kappa shape index (κ2) is 6.44. The summed E-state index contributed by atoms with van der Waals surface area (Å²) in [7, 11) is 2.08. The van der Waals surface area contributed by atoms with Gasteiger partial charge >= 0.3 is 0 Å². The number of aryl methyl sites for hydroxylation is 1. The summed E-state index contributed by atoms with van der Waals surface area (Å²) in [5.74, 6) is 0.750. The molecule has 0 spiro atoms. The molecular formula is C18H25N3. The minimum absolute atomic E-state index is 0.245. The van der Waals surface area contributed by atoms with Crippen LogP contribution in [-0.4, -0.2) is 16.1 Å². The van der Waals surface area contributed by atoms with E-state index in [9.17, 15) is 0 Å². The Morgan fingerprint density at radius 3 is 2.76 bits per heavy atom. The molecule has 112 valence electrons. The van der Waals surface area contributed by atoms with Crippen molar-refractivity contribution >= 4 is 0 Å². The Bertz CT molecular complexity index is 584. The Hall–Kier alpha value is -1.61. The van der Waals surface area contributed by atoms with Crippen molar-refractivity contribution < 1.29 is 0 Å². The van der Waals surface area contributed by atoms with Gasteiger partial charge in [-0.1, -0.05) is 37.6 Å². The molecule has 3 rings (SSSR count). The summed E-state index contributed by atoms with van der Waals surface area (Å²) in [6.07, 6.45) is 9.07. The predicted molar refractivity (Wildman–Crippen MR) is 86.4 cm³/mol. The van der Waals surface area contributed by atoms with E-state index in [0.717, 1.165) is 18.9 Å². The normalized spacial score (nSPS) is 16.7. The van der Waals surface area contributed by atoms with Crippen LogP contribution in [0.3, 0.4) is 0 Å². The molecule has 0 aliphatic heterocycles. The third-order valence-corrected chi connectivity index (χ3v) is 4.60. The van der Waals surface area contributed by atoms with Crippen LogP contribution in [0.4, 0.5) is 0 Å². The van der Waals surface area contributed by atoms with Crippen molar-refractivity contribution in [2.24, 2.45) is 7.05 Å². The van der Waals surface area contributed by atoms with Gasteiger partial charge in [-0.05, 0) is 42.9 Å². The summed E-state index contributed by atoms with van der Waals surface area (Å²) in [5, 5.41) is 3.71. The van der Waals surface area contributed by atoms with Gasteiger partial charge in [0.25, 0.3) is 0 Å². The number of benzene rings is 1. The fraction of sp³-hybridized carbons (Fsp3) is 0.500. The maximum absolute atomic E-state index is 4.31. The molecule has 3 heteroatoms. The van der Waals surface area contributed by atoms with E-state index in [2.05, 4.69) is 53.1 Å². The highest BCUT2D eigenvalue weighted by atomic mass is 15.1. The molecule has 0 radical (unpaired) electrons. The molecule has 2 aromatic rings. The Morgan fingerprint density at radius 2 is 2.14 bits per heavy atom. The molecule has 3 nitrogen and oxygen atoms in total. The standard InChI is InChI=1S/C18H25N3/c1-3-11-20-18(17-12-19-13-21(17)2)16-10-5-4-9-15(16)14-7-6-8-14/h4-5,9-10,12-14,18,20H,3,6-8,11H2,1-2H3. The van der Waals surface area contributed by atoms with Crippen LogP contribution in [-0.2, 0) is 7.05 Å². The van der Waals surface area contributed by atoms with Gasteiger partial charge in [0.1, 0.15) is 0 Å². The molecule has 1 aromatic carbocycles. The number of nitrogens with zero attached hydrogens (tertiary/aromatic N) is 2. The molecule has 1 fully saturated rings. The molecular weight excluding hydrogens is 258 g/mol. The number of hydrogen-bond acceptors (Lipinski definition) is 2. The van der Waals surface area contributed by atoms with Crippen LogP contribution in [0.15, 0.2) is 36.8 Å². The molecule has 0 bridgehead atoms. The van der Waals surface area contributed by atoms with Crippen molar-refractivity contribution in [1.82, 2.24) is 14.9 Å². The van der Waals surface area contributed by atoms with E-state index in [1.54, 1.807) is 0 Å². The average Bonchev–Trinajstić information content (AvgIpc) is 2.85. The van der Waals surface area contributed by atoms with Crippen molar-refractivity contribution in [3.63, 3.8) is 0 Å². The largest absolute Gasteiger partial charge is 0.336 e. The van der Waals surface area contributed by atoms with Gasteiger partial charge in [0.2, 0.25) is 0 Å². The lowest BCUT2D eigenvalue weighted by molar-refractivity contribution is 0.413. The van der Waals surface area contributed by atoms with E-state index in [0.29, 0.717) is 0 Å². The molecule has 0 saturated heterocycles. The zero-order valence-electron chi connectivity index (χ0n) is 13.0. The first-order chi connectivity index (χ1) is 10.3. The summed E-state index contributed by atoms with van der Waals surface area (Å²) < 4.78 is 2.13. The Balaban J connectivity index is 1.98. The first kappa shape index (κ1) is 14.3. The van der Waals surface area contributed by atoms with Crippen LogP contribution >= 0.6 is 0 Å². The van der Waals surface area contributed by atoms with Crippen LogP contribution in [0.2, 0.25) is 0 Å². The Labute approximate surface area is 127 Å². The second-order valence-corrected chi connectivity index (χ2v) is 6.07. The number of hydrogen-bond donors (Lipinski definition) is 1. The lowest BCUT2D eigenvalue weighted by Crippen LogP contribution is -2.27. The zero-order valence-corrected chi connectivity index (χ0v) is 13.0. The number of nitrogens with one attached hydrogen (secondary N) is 1. The van der Waals surface area contributed by atoms with Crippen LogP contribution < -0.4 is 5.32 Å². The second-order valence-electron chi connectivity index (χ2n) is 6.07. The van der Waals surface area contributed by atoms with E-state index in [-0.39, 0.29) is 6.04 Å². The molecule has 21 heavy (non-hydrogen) atoms. The topological polar surface area (TPSA) is 29.9 Å². The van der Waals surface area contributed by atoms with Gasteiger partial charge < -0.3 is 9.88 Å². The van der Waals surface area contributed by atoms with Crippen molar-refractivity contribution in [2.75, 3.05) is 6.54 Å². The smallest absolute Gasteiger partial charge is 0.0946 e. The van der Waals surface area contributed by atoms with E-state index in [1.807, 2.05) is 12.5 Å². The zero-order chi connectivity index (χ0) is 14.7. The molecule has 0 amide bonds. The van der Waals surface area contributed by atoms with Gasteiger partial charge in [0.05, 0.1) is 24.3 Å². The van der Waals surface area contributed by atoms with Gasteiger partial charge in [0, 0.05) is 7.05 Å². The van der Waals surface area contributed by atoms with Crippen LogP contribution in [0, 0.1) is 0 Å². The number of rotatable bonds is 6. The highest BCUT2D eigenvalue weighted by Gasteiger charge is 2.26. The Morgan fingerprint density at radius 1 is 1.33 bits per heavy atom. The molecule has 1 saturated carbocycles. The lowest BCUT2D eigenvalue weighted by atomic mass is 9.77. The SMILES string of the molecule is CCCNC(c1ccccc1C1CCC1)c1cncn1C. The summed E-state index contributed by atoms with van der Waals surface area (Å²) in [5.41, 5.74) is 4.20. The van der Waals surface area contributed by atoms with Gasteiger partial charge in [-0.15, -0.1) is 0 Å². The summed E-state index contributed by atoms with van der Waals surface area (Å²) in [4.78, 5) is 4.31. The number of imidazole rings is 1. The van der Waals surface area contributed by atoms with E-state index in [4.69, 9.17) is 0 Å². The molecule has 1 N–H and O–H groups in total. The first-order valence-electron chi connectivity index (χ1n) is 8.09. The predicted octanol–water partition coefficient (Wildman–Crippen LogP) is 3.78. The fourth-order valence-electron chi connectivity index (χ4n) is 3.17. The van der Waals surface area contributed by atoms with Crippen molar-refractivity contribution in [3.05, 3.63) is 53.6 Å². The monoisotopic (exact) mass is 283 g/mol. The van der Waals surface area contributed by atoms with Gasteiger partial charge in [-0.25, -0.2) is 4.98 Å². The molecule has 1 heterocycles. The van der Waals surface area contributed by atoms with Crippen LogP contribution in [0.5, 0.6) is 0 Å². The van der Waals surface area contributed by atoms with Crippen LogP contribution in [0.1, 0.15) is 61.4 Å². The number of aromatic nitrogens is 2. The van der Waals surface area contributed by atoms with Crippen molar-refractivity contribution in [1.29, 1.82) is 0 Å². The van der Waals surface area contributed by atoms with Crippen LogP contribution in [0.25, 0.3) is 0 Å². The Kier molecular flexibility index (Phi) is 4.39. The van der Waals surface area contributed by atoms with Crippen molar-refractivity contribution in [3.8, 4) is 0 Å². The third kappa shape index (κ3) is 2.88. The highest BCUT2D eigenvalue weighted by Crippen LogP contribution is 2.40. The summed E-state index contributed by atoms with van der Waals surface area (Å²) in [6.45, 7) is 3.24. The quantitative estimate of drug-likeness (QED) is 0.874. The fourth-order valence-corrected chi connectivity index (χ4v) is 3.17. The van der Waals surface area contributed by atoms with Gasteiger partial charge in [-0.3, -0.25) is 0 Å². The summed E-state index contributed by atoms with van der Waals surface area (Å²) in [6, 6.07) is 9.19. The maximum Gasteiger partial charge on any atom is 0.0946 e. The molecule has 1 aliphatic carbocycles. The third-order valence-electron chi connectivity index (χ3n) is 4.60. The minimum atomic E-state index is 0.245. The van der Waals surface area contributed by atoms with Gasteiger partial charge in [-0.2, -0.15) is 0 Å². The minimum Gasteiger partial charge on any atom is -0.336 e. The van der Waals surface area contributed by atoms with E-state index < -0.39 is 0 Å². The molecule has 1 aliphatic rings. The molecule has 1 unspecified atom stereocenters. The first-order valence-corrected chi connectivity index (χ1v) is 8.09. The van der Waals surface area contributed by atoms with E-state index >= 15 is 0 Å². The summed E-state index contributed by atoms with van der Waals surface area (Å²) >= 11 is 0. The average molecular weight is 283 g/mol. The van der Waals surface area contributed by atoms with Gasteiger partial charge in [0.15, 0.2) is 0 Å². The molecule has 1 aromatic heterocycles.